The maximum atomic E-state index is 13.4. The number of nitrogens with zero attached hydrogens (tertiary/aromatic N) is 4. The first-order valence-corrected chi connectivity index (χ1v) is 14.5. The van der Waals surface area contributed by atoms with Gasteiger partial charge in [0.2, 0.25) is 0 Å². The number of piperazine rings is 1. The molecule has 2 aliphatic rings. The summed E-state index contributed by atoms with van der Waals surface area (Å²) in [6, 6.07) is 27.1. The standard InChI is InChI=1S/C32H29N5O2S/c38-31(37-20-25(21-37)35-14-16-36(17-15-35)32(39)30-33-13-18-40-30)24-11-12-26-27(19-24)34-29(23-9-5-2-6-10-23)28(26)22-7-3-1-4-8-22/h1-13,18-19,25,34H,14-17,20-21H2. The van der Waals surface area contributed by atoms with Gasteiger partial charge in [-0.25, -0.2) is 4.98 Å². The molecule has 7 rings (SSSR count). The van der Waals surface area contributed by atoms with E-state index in [9.17, 15) is 9.59 Å². The highest BCUT2D eigenvalue weighted by atomic mass is 32.1. The van der Waals surface area contributed by atoms with Crippen LogP contribution in [0.15, 0.2) is 90.4 Å². The van der Waals surface area contributed by atoms with Crippen LogP contribution in [0.1, 0.15) is 20.2 Å². The summed E-state index contributed by atoms with van der Waals surface area (Å²) in [5.41, 5.74) is 6.13. The zero-order valence-corrected chi connectivity index (χ0v) is 22.8. The van der Waals surface area contributed by atoms with Crippen LogP contribution in [0.25, 0.3) is 33.3 Å². The molecule has 40 heavy (non-hydrogen) atoms. The van der Waals surface area contributed by atoms with Crippen LogP contribution < -0.4 is 0 Å². The molecule has 0 saturated carbocycles. The fourth-order valence-corrected chi connectivity index (χ4v) is 6.45. The van der Waals surface area contributed by atoms with Crippen molar-refractivity contribution in [1.29, 1.82) is 0 Å². The first kappa shape index (κ1) is 24.7. The highest BCUT2D eigenvalue weighted by Gasteiger charge is 2.37. The maximum absolute atomic E-state index is 13.4. The van der Waals surface area contributed by atoms with Crippen molar-refractivity contribution in [3.63, 3.8) is 0 Å². The average Bonchev–Trinajstić information content (AvgIpc) is 3.66. The van der Waals surface area contributed by atoms with Crippen LogP contribution in [0.4, 0.5) is 0 Å². The molecular weight excluding hydrogens is 518 g/mol. The van der Waals surface area contributed by atoms with Gasteiger partial charge in [-0.05, 0) is 23.3 Å². The first-order valence-electron chi connectivity index (χ1n) is 13.6. The van der Waals surface area contributed by atoms with Crippen LogP contribution in [-0.4, -0.2) is 81.8 Å². The quantitative estimate of drug-likeness (QED) is 0.327. The molecule has 2 amide bonds. The Labute approximate surface area is 236 Å². The van der Waals surface area contributed by atoms with Gasteiger partial charge in [0.25, 0.3) is 11.8 Å². The monoisotopic (exact) mass is 547 g/mol. The molecule has 200 valence electrons. The van der Waals surface area contributed by atoms with Crippen LogP contribution >= 0.6 is 11.3 Å². The van der Waals surface area contributed by atoms with Crippen molar-refractivity contribution in [2.75, 3.05) is 39.3 Å². The van der Waals surface area contributed by atoms with E-state index in [1.54, 1.807) is 6.20 Å². The van der Waals surface area contributed by atoms with Crippen molar-refractivity contribution in [2.45, 2.75) is 6.04 Å². The first-order chi connectivity index (χ1) is 19.7. The zero-order valence-electron chi connectivity index (χ0n) is 22.0. The second-order valence-electron chi connectivity index (χ2n) is 10.4. The molecule has 3 aromatic carbocycles. The van der Waals surface area contributed by atoms with Crippen LogP contribution in [0.2, 0.25) is 0 Å². The predicted octanol–water partition coefficient (Wildman–Crippen LogP) is 5.24. The van der Waals surface area contributed by atoms with Gasteiger partial charge >= 0.3 is 0 Å². The van der Waals surface area contributed by atoms with E-state index in [0.717, 1.165) is 46.4 Å². The molecule has 0 bridgehead atoms. The van der Waals surface area contributed by atoms with Gasteiger partial charge in [-0.15, -0.1) is 11.3 Å². The molecule has 7 nitrogen and oxygen atoms in total. The summed E-state index contributed by atoms with van der Waals surface area (Å²) in [6.45, 7) is 4.46. The molecular formula is C32H29N5O2S. The van der Waals surface area contributed by atoms with E-state index in [2.05, 4.69) is 57.3 Å². The van der Waals surface area contributed by atoms with Gasteiger partial charge in [0, 0.05) is 78.9 Å². The molecule has 2 fully saturated rings. The van der Waals surface area contributed by atoms with Crippen LogP contribution in [0.5, 0.6) is 0 Å². The second-order valence-corrected chi connectivity index (χ2v) is 11.3. The molecule has 2 saturated heterocycles. The Balaban J connectivity index is 1.05. The lowest BCUT2D eigenvalue weighted by Gasteiger charge is -2.48. The van der Waals surface area contributed by atoms with E-state index in [4.69, 9.17) is 0 Å². The van der Waals surface area contributed by atoms with Crippen molar-refractivity contribution < 1.29 is 9.59 Å². The highest BCUT2D eigenvalue weighted by Crippen LogP contribution is 2.38. The molecule has 2 aliphatic heterocycles. The van der Waals surface area contributed by atoms with E-state index >= 15 is 0 Å². The lowest BCUT2D eigenvalue weighted by molar-refractivity contribution is 0.00854. The van der Waals surface area contributed by atoms with Crippen molar-refractivity contribution in [3.8, 4) is 22.4 Å². The summed E-state index contributed by atoms with van der Waals surface area (Å²) >= 11 is 1.39. The summed E-state index contributed by atoms with van der Waals surface area (Å²) in [5, 5.41) is 3.49. The van der Waals surface area contributed by atoms with E-state index in [0.29, 0.717) is 42.8 Å². The maximum Gasteiger partial charge on any atom is 0.282 e. The molecule has 0 spiro atoms. The number of hydrogen-bond donors (Lipinski definition) is 1. The summed E-state index contributed by atoms with van der Waals surface area (Å²) in [4.78, 5) is 40.0. The van der Waals surface area contributed by atoms with E-state index in [1.165, 1.54) is 11.3 Å². The average molecular weight is 548 g/mol. The summed E-state index contributed by atoms with van der Waals surface area (Å²) in [6.07, 6.45) is 1.67. The summed E-state index contributed by atoms with van der Waals surface area (Å²) < 4.78 is 0. The number of amides is 2. The van der Waals surface area contributed by atoms with Gasteiger partial charge in [-0.3, -0.25) is 14.5 Å². The largest absolute Gasteiger partial charge is 0.354 e. The number of aromatic nitrogens is 2. The number of H-pyrrole nitrogens is 1. The third-order valence-corrected chi connectivity index (χ3v) is 8.81. The van der Waals surface area contributed by atoms with Crippen LogP contribution in [-0.2, 0) is 0 Å². The Kier molecular flexibility index (Phi) is 6.42. The number of aromatic amines is 1. The molecule has 0 aliphatic carbocycles. The van der Waals surface area contributed by atoms with Crippen LogP contribution in [0, 0.1) is 0 Å². The SMILES string of the molecule is O=C(c1ccc2c(-c3ccccc3)c(-c3ccccc3)[nH]c2c1)N1CC(N2CCN(C(=O)c3nccs3)CC2)C1. The minimum absolute atomic E-state index is 0.0191. The Morgan fingerprint density at radius 2 is 1.50 bits per heavy atom. The lowest BCUT2D eigenvalue weighted by Crippen LogP contribution is -2.64. The Hall–Kier alpha value is -4.27. The normalized spacial score (nSPS) is 16.3. The number of benzene rings is 3. The number of hydrogen-bond acceptors (Lipinski definition) is 5. The number of rotatable bonds is 5. The topological polar surface area (TPSA) is 72.5 Å². The lowest BCUT2D eigenvalue weighted by atomic mass is 9.97. The number of thiazole rings is 1. The van der Waals surface area contributed by atoms with Gasteiger partial charge < -0.3 is 14.8 Å². The molecule has 0 atom stereocenters. The van der Waals surface area contributed by atoms with Crippen molar-refractivity contribution in [3.05, 3.63) is 101 Å². The van der Waals surface area contributed by atoms with Crippen molar-refractivity contribution in [2.24, 2.45) is 0 Å². The Morgan fingerprint density at radius 1 is 0.800 bits per heavy atom. The van der Waals surface area contributed by atoms with Gasteiger partial charge in [0.05, 0.1) is 5.69 Å². The molecule has 8 heteroatoms. The molecule has 1 N–H and O–H groups in total. The summed E-state index contributed by atoms with van der Waals surface area (Å²) in [5.74, 6) is 0.0819. The zero-order chi connectivity index (χ0) is 27.1. The minimum Gasteiger partial charge on any atom is -0.354 e. The molecule has 0 unspecified atom stereocenters. The van der Waals surface area contributed by atoms with E-state index in [1.807, 2.05) is 51.6 Å². The number of carbonyl (C=O) groups is 2. The molecule has 5 aromatic rings. The van der Waals surface area contributed by atoms with Crippen molar-refractivity contribution >= 4 is 34.1 Å². The third-order valence-electron chi connectivity index (χ3n) is 8.05. The molecule has 4 heterocycles. The fraction of sp³-hybridized carbons (Fsp3) is 0.219. The second kappa shape index (κ2) is 10.4. The number of fused-ring (bicyclic) bond motifs is 1. The predicted molar refractivity (Wildman–Crippen MR) is 158 cm³/mol. The smallest absolute Gasteiger partial charge is 0.282 e. The molecule has 0 radical (unpaired) electrons. The Morgan fingerprint density at radius 3 is 2.17 bits per heavy atom. The number of likely N-dealkylation sites (tertiary alicyclic amines) is 1. The molecule has 2 aromatic heterocycles. The highest BCUT2D eigenvalue weighted by molar-refractivity contribution is 7.11. The van der Waals surface area contributed by atoms with Gasteiger partial charge in [-0.2, -0.15) is 0 Å². The summed E-state index contributed by atoms with van der Waals surface area (Å²) in [7, 11) is 0. The third kappa shape index (κ3) is 4.49. The number of nitrogens with one attached hydrogen (secondary N) is 1. The van der Waals surface area contributed by atoms with Gasteiger partial charge in [0.1, 0.15) is 0 Å². The van der Waals surface area contributed by atoms with Gasteiger partial charge in [0.15, 0.2) is 5.01 Å². The minimum atomic E-state index is 0.0191. The number of carbonyl (C=O) groups excluding carboxylic acids is 2. The van der Waals surface area contributed by atoms with E-state index < -0.39 is 0 Å². The van der Waals surface area contributed by atoms with Gasteiger partial charge in [-0.1, -0.05) is 66.7 Å². The Bertz CT molecular complexity index is 1650. The van der Waals surface area contributed by atoms with Crippen LogP contribution in [0.3, 0.4) is 0 Å². The fourth-order valence-electron chi connectivity index (χ4n) is 5.85. The van der Waals surface area contributed by atoms with Crippen molar-refractivity contribution in [1.82, 2.24) is 24.7 Å². The van der Waals surface area contributed by atoms with E-state index in [-0.39, 0.29) is 11.8 Å².